The van der Waals surface area contributed by atoms with E-state index in [1.54, 1.807) is 0 Å². The van der Waals surface area contributed by atoms with Gasteiger partial charge in [-0.25, -0.2) is 9.97 Å². The van der Waals surface area contributed by atoms with E-state index in [-0.39, 0.29) is 11.3 Å². The molecule has 7 heteroatoms. The van der Waals surface area contributed by atoms with Crippen LogP contribution in [0.4, 0.5) is 5.95 Å². The zero-order chi connectivity index (χ0) is 18.9. The first-order valence-electron chi connectivity index (χ1n) is 10.1. The van der Waals surface area contributed by atoms with Crippen molar-refractivity contribution in [3.05, 3.63) is 17.5 Å². The number of ether oxygens (including phenoxy) is 2. The highest BCUT2D eigenvalue weighted by Gasteiger charge is 2.46. The van der Waals surface area contributed by atoms with E-state index in [4.69, 9.17) is 14.5 Å². The summed E-state index contributed by atoms with van der Waals surface area (Å²) in [7, 11) is 0. The average molecular weight is 374 g/mol. The number of amides is 1. The Morgan fingerprint density at radius 2 is 2.07 bits per heavy atom. The van der Waals surface area contributed by atoms with Gasteiger partial charge in [0, 0.05) is 44.4 Å². The number of aromatic nitrogens is 2. The quantitative estimate of drug-likeness (QED) is 0.800. The molecule has 2 saturated heterocycles. The van der Waals surface area contributed by atoms with Gasteiger partial charge in [0.15, 0.2) is 0 Å². The molecule has 3 aliphatic heterocycles. The summed E-state index contributed by atoms with van der Waals surface area (Å²) in [4.78, 5) is 26.4. The molecule has 1 spiro atoms. The molecule has 4 heterocycles. The van der Waals surface area contributed by atoms with Crippen LogP contribution in [0, 0.1) is 5.92 Å². The summed E-state index contributed by atoms with van der Waals surface area (Å²) < 4.78 is 11.3. The number of likely N-dealkylation sites (tertiary alicyclic amines) is 1. The Morgan fingerprint density at radius 1 is 1.26 bits per heavy atom. The minimum atomic E-state index is -0.189. The van der Waals surface area contributed by atoms with Crippen molar-refractivity contribution in [2.24, 2.45) is 5.92 Å². The Morgan fingerprint density at radius 3 is 2.85 bits per heavy atom. The molecule has 1 atom stereocenters. The molecule has 2 fully saturated rings. The van der Waals surface area contributed by atoms with Gasteiger partial charge in [-0.15, -0.1) is 0 Å². The fraction of sp³-hybridized carbons (Fsp3) is 0.750. The van der Waals surface area contributed by atoms with E-state index in [9.17, 15) is 4.79 Å². The standard InChI is InChI=1S/C20H30N4O3/c1-15(2)3-4-17(25)24-6-5-20(13-24)14-27-12-16-11-21-19(22-18(16)20)23-7-9-26-10-8-23/h11,15H,3-10,12-14H2,1-2H3/t20-/m0/s1. The first kappa shape index (κ1) is 18.6. The molecular formula is C20H30N4O3. The number of rotatable bonds is 4. The minimum absolute atomic E-state index is 0.189. The second-order valence-corrected chi connectivity index (χ2v) is 8.41. The molecule has 0 bridgehead atoms. The van der Waals surface area contributed by atoms with E-state index in [2.05, 4.69) is 23.7 Å². The number of hydrogen-bond acceptors (Lipinski definition) is 6. The van der Waals surface area contributed by atoms with Crippen LogP contribution in [-0.2, 0) is 26.3 Å². The summed E-state index contributed by atoms with van der Waals surface area (Å²) in [6.07, 6.45) is 4.40. The third-order valence-corrected chi connectivity index (χ3v) is 5.93. The van der Waals surface area contributed by atoms with Crippen LogP contribution in [0.1, 0.15) is 44.4 Å². The lowest BCUT2D eigenvalue weighted by Gasteiger charge is -2.35. The van der Waals surface area contributed by atoms with Gasteiger partial charge in [-0.3, -0.25) is 4.79 Å². The fourth-order valence-corrected chi connectivity index (χ4v) is 4.27. The molecule has 1 amide bonds. The predicted molar refractivity (Wildman–Crippen MR) is 102 cm³/mol. The monoisotopic (exact) mass is 374 g/mol. The van der Waals surface area contributed by atoms with Crippen molar-refractivity contribution in [3.8, 4) is 0 Å². The van der Waals surface area contributed by atoms with Gasteiger partial charge in [0.2, 0.25) is 11.9 Å². The Kier molecular flexibility index (Phi) is 5.32. The molecule has 148 valence electrons. The Labute approximate surface area is 161 Å². The van der Waals surface area contributed by atoms with Crippen LogP contribution in [0.25, 0.3) is 0 Å². The number of morpholine rings is 1. The third kappa shape index (κ3) is 3.80. The van der Waals surface area contributed by atoms with Crippen molar-refractivity contribution in [1.82, 2.24) is 14.9 Å². The van der Waals surface area contributed by atoms with E-state index in [1.165, 1.54) is 0 Å². The summed E-state index contributed by atoms with van der Waals surface area (Å²) in [6, 6.07) is 0. The van der Waals surface area contributed by atoms with Crippen molar-refractivity contribution >= 4 is 11.9 Å². The first-order valence-corrected chi connectivity index (χ1v) is 10.1. The van der Waals surface area contributed by atoms with Gasteiger partial charge in [0.1, 0.15) is 0 Å². The van der Waals surface area contributed by atoms with Gasteiger partial charge in [0.05, 0.1) is 37.5 Å². The summed E-state index contributed by atoms with van der Waals surface area (Å²) >= 11 is 0. The van der Waals surface area contributed by atoms with Gasteiger partial charge < -0.3 is 19.3 Å². The highest BCUT2D eigenvalue weighted by atomic mass is 16.5. The number of carbonyl (C=O) groups is 1. The number of anilines is 1. The topological polar surface area (TPSA) is 67.8 Å². The van der Waals surface area contributed by atoms with Crippen LogP contribution in [-0.4, -0.2) is 66.8 Å². The molecule has 0 saturated carbocycles. The second kappa shape index (κ2) is 7.72. The normalized spacial score (nSPS) is 25.3. The van der Waals surface area contributed by atoms with Gasteiger partial charge in [-0.05, 0) is 18.8 Å². The third-order valence-electron chi connectivity index (χ3n) is 5.93. The predicted octanol–water partition coefficient (Wildman–Crippen LogP) is 1.75. The van der Waals surface area contributed by atoms with Crippen LogP contribution in [0.3, 0.4) is 0 Å². The maximum atomic E-state index is 12.6. The summed E-state index contributed by atoms with van der Waals surface area (Å²) in [6.45, 7) is 10.1. The van der Waals surface area contributed by atoms with E-state index < -0.39 is 0 Å². The summed E-state index contributed by atoms with van der Waals surface area (Å²) in [5.74, 6) is 1.59. The molecule has 27 heavy (non-hydrogen) atoms. The lowest BCUT2D eigenvalue weighted by Crippen LogP contribution is -2.43. The van der Waals surface area contributed by atoms with E-state index in [0.29, 0.717) is 45.3 Å². The van der Waals surface area contributed by atoms with E-state index >= 15 is 0 Å². The Balaban J connectivity index is 1.54. The molecule has 0 N–H and O–H groups in total. The molecule has 0 aliphatic carbocycles. The highest BCUT2D eigenvalue weighted by Crippen LogP contribution is 2.39. The molecule has 4 rings (SSSR count). The van der Waals surface area contributed by atoms with Crippen LogP contribution < -0.4 is 4.90 Å². The molecule has 1 aromatic rings. The van der Waals surface area contributed by atoms with Crippen LogP contribution in [0.5, 0.6) is 0 Å². The minimum Gasteiger partial charge on any atom is -0.378 e. The van der Waals surface area contributed by atoms with Crippen molar-refractivity contribution < 1.29 is 14.3 Å². The Hall–Kier alpha value is -1.73. The van der Waals surface area contributed by atoms with Gasteiger partial charge in [-0.1, -0.05) is 13.8 Å². The average Bonchev–Trinajstić information content (AvgIpc) is 3.12. The van der Waals surface area contributed by atoms with Crippen LogP contribution in [0.15, 0.2) is 6.20 Å². The fourth-order valence-electron chi connectivity index (χ4n) is 4.27. The van der Waals surface area contributed by atoms with Gasteiger partial charge >= 0.3 is 0 Å². The zero-order valence-corrected chi connectivity index (χ0v) is 16.4. The first-order chi connectivity index (χ1) is 13.1. The SMILES string of the molecule is CC(C)CCC(=O)N1CC[C@@]2(COCc3cnc(N4CCOCC4)nc32)C1. The number of hydrogen-bond donors (Lipinski definition) is 0. The zero-order valence-electron chi connectivity index (χ0n) is 16.4. The molecule has 7 nitrogen and oxygen atoms in total. The highest BCUT2D eigenvalue weighted by molar-refractivity contribution is 5.76. The van der Waals surface area contributed by atoms with Crippen molar-refractivity contribution in [1.29, 1.82) is 0 Å². The van der Waals surface area contributed by atoms with Crippen LogP contribution in [0.2, 0.25) is 0 Å². The molecule has 0 radical (unpaired) electrons. The molecular weight excluding hydrogens is 344 g/mol. The van der Waals surface area contributed by atoms with Crippen molar-refractivity contribution in [2.75, 3.05) is 50.9 Å². The van der Waals surface area contributed by atoms with Gasteiger partial charge in [0.25, 0.3) is 0 Å². The van der Waals surface area contributed by atoms with E-state index in [1.807, 2.05) is 11.1 Å². The number of nitrogens with zero attached hydrogens (tertiary/aromatic N) is 4. The lowest BCUT2D eigenvalue weighted by atomic mass is 9.80. The Bertz CT molecular complexity index is 690. The van der Waals surface area contributed by atoms with Crippen LogP contribution >= 0.6 is 0 Å². The maximum Gasteiger partial charge on any atom is 0.225 e. The molecule has 0 aromatic carbocycles. The smallest absolute Gasteiger partial charge is 0.225 e. The van der Waals surface area contributed by atoms with Gasteiger partial charge in [-0.2, -0.15) is 0 Å². The molecule has 0 unspecified atom stereocenters. The molecule has 1 aromatic heterocycles. The van der Waals surface area contributed by atoms with E-state index in [0.717, 1.165) is 49.7 Å². The number of fused-ring (bicyclic) bond motifs is 2. The molecule has 3 aliphatic rings. The largest absolute Gasteiger partial charge is 0.378 e. The lowest BCUT2D eigenvalue weighted by molar-refractivity contribution is -0.130. The van der Waals surface area contributed by atoms with Crippen molar-refractivity contribution in [2.45, 2.75) is 45.1 Å². The van der Waals surface area contributed by atoms with Crippen molar-refractivity contribution in [3.63, 3.8) is 0 Å². The number of carbonyl (C=O) groups excluding carboxylic acids is 1. The summed E-state index contributed by atoms with van der Waals surface area (Å²) in [5.41, 5.74) is 1.96. The maximum absolute atomic E-state index is 12.6. The summed E-state index contributed by atoms with van der Waals surface area (Å²) in [5, 5.41) is 0. The second-order valence-electron chi connectivity index (χ2n) is 8.41.